The molecule has 116 valence electrons. The third kappa shape index (κ3) is 2.34. The molecule has 0 radical (unpaired) electrons. The first-order chi connectivity index (χ1) is 11.1. The second-order valence-electron chi connectivity index (χ2n) is 6.09. The zero-order valence-electron chi connectivity index (χ0n) is 13.2. The average molecular weight is 306 g/mol. The van der Waals surface area contributed by atoms with Crippen LogP contribution in [0.25, 0.3) is 22.2 Å². The standard InChI is InChI=1S/C18H18N4O/c1-12-7-14(16-8-13-5-3-4-6-15(13)20-16)18(19-9-12)22-10-17(23)21(2)11-22/h3-9,20H,10-11H2,1-2H3. The summed E-state index contributed by atoms with van der Waals surface area (Å²) >= 11 is 0. The Balaban J connectivity index is 1.84. The number of anilines is 1. The highest BCUT2D eigenvalue weighted by molar-refractivity contribution is 5.90. The number of rotatable bonds is 2. The number of fused-ring (bicyclic) bond motifs is 1. The number of nitrogens with zero attached hydrogens (tertiary/aromatic N) is 3. The normalized spacial score (nSPS) is 15.0. The van der Waals surface area contributed by atoms with E-state index in [-0.39, 0.29) is 5.91 Å². The summed E-state index contributed by atoms with van der Waals surface area (Å²) in [6, 6.07) is 12.5. The predicted octanol–water partition coefficient (Wildman–Crippen LogP) is 2.77. The van der Waals surface area contributed by atoms with Crippen LogP contribution in [-0.4, -0.2) is 41.0 Å². The smallest absolute Gasteiger partial charge is 0.243 e. The van der Waals surface area contributed by atoms with E-state index in [9.17, 15) is 4.79 Å². The monoisotopic (exact) mass is 306 g/mol. The highest BCUT2D eigenvalue weighted by Gasteiger charge is 2.27. The van der Waals surface area contributed by atoms with Crippen LogP contribution >= 0.6 is 0 Å². The van der Waals surface area contributed by atoms with Gasteiger partial charge in [-0.2, -0.15) is 0 Å². The fraction of sp³-hybridized carbons (Fsp3) is 0.222. The summed E-state index contributed by atoms with van der Waals surface area (Å²) in [6.45, 7) is 2.98. The number of amides is 1. The van der Waals surface area contributed by atoms with Crippen molar-refractivity contribution in [3.63, 3.8) is 0 Å². The lowest BCUT2D eigenvalue weighted by molar-refractivity contribution is -0.125. The Morgan fingerprint density at radius 3 is 2.78 bits per heavy atom. The molecule has 1 fully saturated rings. The maximum atomic E-state index is 11.9. The van der Waals surface area contributed by atoms with E-state index in [1.807, 2.05) is 37.2 Å². The zero-order valence-corrected chi connectivity index (χ0v) is 13.2. The molecule has 4 rings (SSSR count). The van der Waals surface area contributed by atoms with Gasteiger partial charge in [-0.05, 0) is 30.7 Å². The SMILES string of the molecule is Cc1cnc(N2CC(=O)N(C)C2)c(-c2cc3ccccc3[nH]2)c1. The van der Waals surface area contributed by atoms with E-state index in [2.05, 4.69) is 34.2 Å². The van der Waals surface area contributed by atoms with Crippen molar-refractivity contribution in [3.05, 3.63) is 48.2 Å². The number of hydrogen-bond donors (Lipinski definition) is 1. The highest BCUT2D eigenvalue weighted by atomic mass is 16.2. The first-order valence-corrected chi connectivity index (χ1v) is 7.65. The number of hydrogen-bond acceptors (Lipinski definition) is 3. The van der Waals surface area contributed by atoms with Crippen LogP contribution in [0.1, 0.15) is 5.56 Å². The summed E-state index contributed by atoms with van der Waals surface area (Å²) < 4.78 is 0. The van der Waals surface area contributed by atoms with Gasteiger partial charge in [0.15, 0.2) is 0 Å². The molecule has 0 unspecified atom stereocenters. The summed E-state index contributed by atoms with van der Waals surface area (Å²) in [6.07, 6.45) is 1.85. The lowest BCUT2D eigenvalue weighted by Gasteiger charge is -2.19. The van der Waals surface area contributed by atoms with Crippen molar-refractivity contribution in [2.75, 3.05) is 25.2 Å². The quantitative estimate of drug-likeness (QED) is 0.792. The van der Waals surface area contributed by atoms with Crippen LogP contribution in [0, 0.1) is 6.92 Å². The summed E-state index contributed by atoms with van der Waals surface area (Å²) in [4.78, 5) is 23.7. The van der Waals surface area contributed by atoms with Crippen molar-refractivity contribution < 1.29 is 4.79 Å². The minimum atomic E-state index is 0.120. The van der Waals surface area contributed by atoms with Gasteiger partial charge in [0, 0.05) is 29.7 Å². The lowest BCUT2D eigenvalue weighted by Crippen LogP contribution is -2.24. The maximum Gasteiger partial charge on any atom is 0.243 e. The molecule has 0 aliphatic carbocycles. The molecule has 3 aromatic rings. The molecular formula is C18H18N4O. The number of benzene rings is 1. The molecule has 1 aliphatic rings. The molecule has 1 saturated heterocycles. The van der Waals surface area contributed by atoms with Crippen LogP contribution in [0.15, 0.2) is 42.6 Å². The van der Waals surface area contributed by atoms with Crippen molar-refractivity contribution in [2.24, 2.45) is 0 Å². The van der Waals surface area contributed by atoms with Crippen molar-refractivity contribution in [1.82, 2.24) is 14.9 Å². The van der Waals surface area contributed by atoms with Gasteiger partial charge >= 0.3 is 0 Å². The number of aromatic nitrogens is 2. The van der Waals surface area contributed by atoms with Crippen molar-refractivity contribution in [3.8, 4) is 11.3 Å². The molecule has 5 nitrogen and oxygen atoms in total. The minimum absolute atomic E-state index is 0.120. The molecule has 2 aromatic heterocycles. The van der Waals surface area contributed by atoms with E-state index in [1.165, 1.54) is 5.39 Å². The van der Waals surface area contributed by atoms with Gasteiger partial charge in [0.05, 0.1) is 12.4 Å². The average Bonchev–Trinajstić information content (AvgIpc) is 3.11. The highest BCUT2D eigenvalue weighted by Crippen LogP contribution is 2.32. The Kier molecular flexibility index (Phi) is 3.08. The Labute approximate surface area is 134 Å². The van der Waals surface area contributed by atoms with Crippen LogP contribution in [0.2, 0.25) is 0 Å². The summed E-state index contributed by atoms with van der Waals surface area (Å²) in [5.41, 5.74) is 4.26. The molecule has 1 N–H and O–H groups in total. The van der Waals surface area contributed by atoms with E-state index in [0.717, 1.165) is 28.2 Å². The molecule has 23 heavy (non-hydrogen) atoms. The molecule has 5 heteroatoms. The van der Waals surface area contributed by atoms with Gasteiger partial charge < -0.3 is 14.8 Å². The number of H-pyrrole nitrogens is 1. The van der Waals surface area contributed by atoms with Gasteiger partial charge in [-0.25, -0.2) is 4.98 Å². The zero-order chi connectivity index (χ0) is 16.0. The molecule has 0 bridgehead atoms. The van der Waals surface area contributed by atoms with Gasteiger partial charge in [-0.15, -0.1) is 0 Å². The number of aryl methyl sites for hydroxylation is 1. The molecule has 0 atom stereocenters. The number of pyridine rings is 1. The Morgan fingerprint density at radius 1 is 1.22 bits per heavy atom. The van der Waals surface area contributed by atoms with Crippen LogP contribution in [-0.2, 0) is 4.79 Å². The summed E-state index contributed by atoms with van der Waals surface area (Å²) in [7, 11) is 1.82. The number of likely N-dealkylation sites (N-methyl/N-ethyl adjacent to an activating group) is 1. The Hall–Kier alpha value is -2.82. The fourth-order valence-electron chi connectivity index (χ4n) is 3.04. The van der Waals surface area contributed by atoms with Gasteiger partial charge in [0.1, 0.15) is 12.4 Å². The minimum Gasteiger partial charge on any atom is -0.354 e. The first kappa shape index (κ1) is 13.8. The molecule has 1 aromatic carbocycles. The first-order valence-electron chi connectivity index (χ1n) is 7.65. The summed E-state index contributed by atoms with van der Waals surface area (Å²) in [5.74, 6) is 0.967. The molecule has 1 aliphatic heterocycles. The third-order valence-corrected chi connectivity index (χ3v) is 4.26. The molecular weight excluding hydrogens is 288 g/mol. The molecule has 0 spiro atoms. The molecule has 0 saturated carbocycles. The van der Waals surface area contributed by atoms with Crippen molar-refractivity contribution in [1.29, 1.82) is 0 Å². The van der Waals surface area contributed by atoms with Gasteiger partial charge in [-0.1, -0.05) is 18.2 Å². The van der Waals surface area contributed by atoms with E-state index >= 15 is 0 Å². The maximum absolute atomic E-state index is 11.9. The van der Waals surface area contributed by atoms with Crippen molar-refractivity contribution >= 4 is 22.6 Å². The largest absolute Gasteiger partial charge is 0.354 e. The van der Waals surface area contributed by atoms with Crippen LogP contribution in [0.3, 0.4) is 0 Å². The van der Waals surface area contributed by atoms with Gasteiger partial charge in [0.25, 0.3) is 0 Å². The number of carbonyl (C=O) groups is 1. The summed E-state index contributed by atoms with van der Waals surface area (Å²) in [5, 5.41) is 1.17. The second kappa shape index (κ2) is 5.12. The van der Waals surface area contributed by atoms with Crippen molar-refractivity contribution in [2.45, 2.75) is 6.92 Å². The Morgan fingerprint density at radius 2 is 2.04 bits per heavy atom. The van der Waals surface area contributed by atoms with E-state index in [4.69, 9.17) is 0 Å². The molecule has 1 amide bonds. The van der Waals surface area contributed by atoms with Crippen LogP contribution in [0.5, 0.6) is 0 Å². The van der Waals surface area contributed by atoms with Gasteiger partial charge in [-0.3, -0.25) is 4.79 Å². The van der Waals surface area contributed by atoms with Crippen LogP contribution < -0.4 is 4.90 Å². The topological polar surface area (TPSA) is 52.2 Å². The fourth-order valence-corrected chi connectivity index (χ4v) is 3.04. The lowest BCUT2D eigenvalue weighted by atomic mass is 10.1. The predicted molar refractivity (Wildman–Crippen MR) is 91.2 cm³/mol. The number of carbonyl (C=O) groups excluding carboxylic acids is 1. The second-order valence-corrected chi connectivity index (χ2v) is 6.09. The van der Waals surface area contributed by atoms with Gasteiger partial charge in [0.2, 0.25) is 5.91 Å². The molecule has 3 heterocycles. The number of para-hydroxylation sites is 1. The van der Waals surface area contributed by atoms with E-state index in [0.29, 0.717) is 13.2 Å². The van der Waals surface area contributed by atoms with E-state index in [1.54, 1.807) is 4.90 Å². The number of nitrogens with one attached hydrogen (secondary N) is 1. The van der Waals surface area contributed by atoms with Crippen LogP contribution in [0.4, 0.5) is 5.82 Å². The Bertz CT molecular complexity index is 866. The number of aromatic amines is 1. The third-order valence-electron chi connectivity index (χ3n) is 4.26. The van der Waals surface area contributed by atoms with E-state index < -0.39 is 0 Å².